The Labute approximate surface area is 240 Å². The van der Waals surface area contributed by atoms with Gasteiger partial charge in [0.15, 0.2) is 4.80 Å². The summed E-state index contributed by atoms with van der Waals surface area (Å²) in [6.07, 6.45) is 2.09. The number of allylic oxidation sites excluding steroid dienone is 1. The molecule has 0 amide bonds. The van der Waals surface area contributed by atoms with Gasteiger partial charge in [-0.25, -0.2) is 14.6 Å². The van der Waals surface area contributed by atoms with Crippen LogP contribution in [0.4, 0.5) is 0 Å². The highest BCUT2D eigenvalue weighted by Crippen LogP contribution is 2.31. The smallest absolute Gasteiger partial charge is 0.338 e. The van der Waals surface area contributed by atoms with Gasteiger partial charge in [-0.3, -0.25) is 9.36 Å². The largest absolute Gasteiger partial charge is 0.462 e. The lowest BCUT2D eigenvalue weighted by Crippen LogP contribution is -2.40. The molecule has 0 saturated heterocycles. The summed E-state index contributed by atoms with van der Waals surface area (Å²) in [5.41, 5.74) is 2.48. The number of benzene rings is 2. The number of ether oxygens (including phenoxy) is 2. The van der Waals surface area contributed by atoms with E-state index in [9.17, 15) is 14.4 Å². The number of fused-ring (bicyclic) bond motifs is 1. The highest BCUT2D eigenvalue weighted by atomic mass is 32.1. The van der Waals surface area contributed by atoms with Crippen molar-refractivity contribution in [1.29, 1.82) is 0 Å². The molecule has 9 heteroatoms. The van der Waals surface area contributed by atoms with E-state index in [0.717, 1.165) is 12.0 Å². The van der Waals surface area contributed by atoms with Crippen LogP contribution in [0.3, 0.4) is 0 Å². The third-order valence-electron chi connectivity index (χ3n) is 6.42. The highest BCUT2D eigenvalue weighted by Gasteiger charge is 2.33. The van der Waals surface area contributed by atoms with Crippen molar-refractivity contribution in [3.63, 3.8) is 0 Å². The van der Waals surface area contributed by atoms with Crippen molar-refractivity contribution in [3.8, 4) is 11.3 Å². The molecule has 5 rings (SSSR count). The van der Waals surface area contributed by atoms with Crippen LogP contribution in [0.5, 0.6) is 0 Å². The van der Waals surface area contributed by atoms with Gasteiger partial charge in [0.05, 0.1) is 40.1 Å². The van der Waals surface area contributed by atoms with Gasteiger partial charge in [0, 0.05) is 11.6 Å². The Bertz CT molecular complexity index is 1810. The van der Waals surface area contributed by atoms with Gasteiger partial charge in [0.2, 0.25) is 0 Å². The number of nitrogens with zero attached hydrogens (tertiary/aromatic N) is 2. The van der Waals surface area contributed by atoms with Crippen LogP contribution in [-0.4, -0.2) is 29.2 Å². The summed E-state index contributed by atoms with van der Waals surface area (Å²) in [6, 6.07) is 19.3. The normalized spacial score (nSPS) is 15.0. The average molecular weight is 571 g/mol. The van der Waals surface area contributed by atoms with E-state index in [0.29, 0.717) is 49.9 Å². The van der Waals surface area contributed by atoms with Crippen LogP contribution < -0.4 is 14.9 Å². The molecule has 0 radical (unpaired) electrons. The molecular weight excluding hydrogens is 540 g/mol. The molecule has 1 atom stereocenters. The maximum absolute atomic E-state index is 13.8. The first kappa shape index (κ1) is 28.0. The number of rotatable bonds is 8. The molecule has 0 spiro atoms. The molecule has 1 aliphatic rings. The molecule has 3 heterocycles. The van der Waals surface area contributed by atoms with Crippen molar-refractivity contribution in [2.75, 3.05) is 6.61 Å². The molecular formula is C32H30N2O6S. The molecule has 41 heavy (non-hydrogen) atoms. The zero-order chi connectivity index (χ0) is 29.1. The minimum atomic E-state index is -0.678. The third-order valence-corrected chi connectivity index (χ3v) is 7.40. The number of hydrogen-bond acceptors (Lipinski definition) is 8. The number of thiazole rings is 1. The van der Waals surface area contributed by atoms with Crippen LogP contribution in [0.25, 0.3) is 17.4 Å². The Balaban J connectivity index is 1.54. The fourth-order valence-corrected chi connectivity index (χ4v) is 5.63. The van der Waals surface area contributed by atoms with Gasteiger partial charge in [-0.15, -0.1) is 0 Å². The third kappa shape index (κ3) is 5.85. The van der Waals surface area contributed by atoms with E-state index in [4.69, 9.17) is 13.9 Å². The molecule has 0 aliphatic carbocycles. The quantitative estimate of drug-likeness (QED) is 0.276. The number of aromatic nitrogens is 1. The van der Waals surface area contributed by atoms with Gasteiger partial charge in [-0.2, -0.15) is 0 Å². The van der Waals surface area contributed by atoms with Gasteiger partial charge < -0.3 is 13.9 Å². The highest BCUT2D eigenvalue weighted by molar-refractivity contribution is 7.07. The summed E-state index contributed by atoms with van der Waals surface area (Å²) < 4.78 is 18.8. The zero-order valence-electron chi connectivity index (χ0n) is 23.2. The number of hydrogen-bond donors (Lipinski definition) is 0. The summed E-state index contributed by atoms with van der Waals surface area (Å²) in [5, 5.41) is 0. The molecule has 0 fully saturated rings. The molecule has 0 N–H and O–H groups in total. The summed E-state index contributed by atoms with van der Waals surface area (Å²) in [5.74, 6) is 0.129. The minimum Gasteiger partial charge on any atom is -0.462 e. The first-order chi connectivity index (χ1) is 19.8. The van der Waals surface area contributed by atoms with Crippen molar-refractivity contribution in [1.82, 2.24) is 4.57 Å². The molecule has 1 unspecified atom stereocenters. The van der Waals surface area contributed by atoms with Crippen LogP contribution in [0, 0.1) is 0 Å². The molecule has 0 saturated carbocycles. The lowest BCUT2D eigenvalue weighted by molar-refractivity contribution is -0.143. The Morgan fingerprint density at radius 2 is 1.85 bits per heavy atom. The van der Waals surface area contributed by atoms with Crippen LogP contribution in [0.2, 0.25) is 0 Å². The van der Waals surface area contributed by atoms with E-state index >= 15 is 0 Å². The van der Waals surface area contributed by atoms with E-state index in [1.165, 1.54) is 11.3 Å². The molecule has 0 bridgehead atoms. The van der Waals surface area contributed by atoms with Crippen LogP contribution >= 0.6 is 11.3 Å². The zero-order valence-corrected chi connectivity index (χ0v) is 24.1. The molecule has 4 aromatic rings. The summed E-state index contributed by atoms with van der Waals surface area (Å²) in [6.45, 7) is 7.62. The standard InChI is InChI=1S/C32H30N2O6S/c1-5-16-38-30(36)23-13-9-12-22(17-23)25-15-14-24(40-25)18-26-29(35)34-28(21-10-7-6-8-11-21)27(31(37)39-19(2)3)20(4)33-32(34)41-26/h6-15,17-19,28H,5,16H2,1-4H3. The molecule has 2 aromatic carbocycles. The van der Waals surface area contributed by atoms with Gasteiger partial charge in [-0.05, 0) is 57.0 Å². The Morgan fingerprint density at radius 3 is 2.59 bits per heavy atom. The van der Waals surface area contributed by atoms with Gasteiger partial charge in [0.25, 0.3) is 5.56 Å². The maximum atomic E-state index is 13.8. The first-order valence-electron chi connectivity index (χ1n) is 13.4. The van der Waals surface area contributed by atoms with Gasteiger partial charge >= 0.3 is 11.9 Å². The van der Waals surface area contributed by atoms with Crippen LogP contribution in [-0.2, 0) is 14.3 Å². The second-order valence-electron chi connectivity index (χ2n) is 9.87. The van der Waals surface area contributed by atoms with E-state index in [-0.39, 0.29) is 17.6 Å². The van der Waals surface area contributed by atoms with Crippen molar-refractivity contribution in [3.05, 3.63) is 115 Å². The fourth-order valence-electron chi connectivity index (χ4n) is 4.60. The molecule has 1 aliphatic heterocycles. The number of esters is 2. The van der Waals surface area contributed by atoms with Gasteiger partial charge in [0.1, 0.15) is 11.5 Å². The number of carbonyl (C=O) groups excluding carboxylic acids is 2. The monoisotopic (exact) mass is 570 g/mol. The molecule has 210 valence electrons. The SMILES string of the molecule is CCCOC(=O)c1cccc(-c2ccc(C=c3sc4n(c3=O)C(c3ccccc3)C(C(=O)OC(C)C)=C(C)N=4)o2)c1. The first-order valence-corrected chi connectivity index (χ1v) is 14.2. The van der Waals surface area contributed by atoms with Crippen LogP contribution in [0.1, 0.15) is 61.8 Å². The lowest BCUT2D eigenvalue weighted by Gasteiger charge is -2.25. The summed E-state index contributed by atoms with van der Waals surface area (Å²) >= 11 is 1.23. The predicted molar refractivity (Wildman–Crippen MR) is 156 cm³/mol. The van der Waals surface area contributed by atoms with Crippen LogP contribution in [0.15, 0.2) is 92.2 Å². The van der Waals surface area contributed by atoms with Gasteiger partial charge in [-0.1, -0.05) is 60.7 Å². The van der Waals surface area contributed by atoms with Crippen molar-refractivity contribution < 1.29 is 23.5 Å². The molecule has 2 aromatic heterocycles. The summed E-state index contributed by atoms with van der Waals surface area (Å²) in [7, 11) is 0. The van der Waals surface area contributed by atoms with Crippen molar-refractivity contribution >= 4 is 29.4 Å². The Morgan fingerprint density at radius 1 is 1.07 bits per heavy atom. The number of carbonyl (C=O) groups is 2. The topological polar surface area (TPSA) is 100 Å². The predicted octanol–water partition coefficient (Wildman–Crippen LogP) is 5.01. The summed E-state index contributed by atoms with van der Waals surface area (Å²) in [4.78, 5) is 44.4. The van der Waals surface area contributed by atoms with E-state index in [1.54, 1.807) is 61.7 Å². The van der Waals surface area contributed by atoms with Crippen molar-refractivity contribution in [2.45, 2.75) is 46.3 Å². The Hall–Kier alpha value is -4.50. The van der Waals surface area contributed by atoms with E-state index < -0.39 is 12.0 Å². The van der Waals surface area contributed by atoms with E-state index in [2.05, 4.69) is 4.99 Å². The fraction of sp³-hybridized carbons (Fsp3) is 0.250. The second-order valence-corrected chi connectivity index (χ2v) is 10.9. The number of furan rings is 1. The van der Waals surface area contributed by atoms with Crippen molar-refractivity contribution in [2.24, 2.45) is 4.99 Å². The maximum Gasteiger partial charge on any atom is 0.338 e. The minimum absolute atomic E-state index is 0.288. The molecule has 8 nitrogen and oxygen atoms in total. The van der Waals surface area contributed by atoms with E-state index in [1.807, 2.05) is 43.3 Å². The lowest BCUT2D eigenvalue weighted by atomic mass is 9.96. The average Bonchev–Trinajstić information content (AvgIpc) is 3.55. The Kier molecular flexibility index (Phi) is 8.16. The second kappa shape index (κ2) is 11.9.